The molecule has 1 aromatic heterocycles. The van der Waals surface area contributed by atoms with Crippen molar-refractivity contribution in [1.82, 2.24) is 14.9 Å². The Morgan fingerprint density at radius 2 is 2.12 bits per heavy atom. The number of hydrogen-bond acceptors (Lipinski definition) is 4. The highest BCUT2D eigenvalue weighted by Crippen LogP contribution is 2.23. The highest BCUT2D eigenvalue weighted by molar-refractivity contribution is 5.77. The Morgan fingerprint density at radius 1 is 1.28 bits per heavy atom. The van der Waals surface area contributed by atoms with E-state index < -0.39 is 5.97 Å². The monoisotopic (exact) mass is 337 g/mol. The molecule has 1 atom stereocenters. The van der Waals surface area contributed by atoms with Gasteiger partial charge in [0.1, 0.15) is 0 Å². The lowest BCUT2D eigenvalue weighted by molar-refractivity contribution is -0.138. The van der Waals surface area contributed by atoms with Crippen molar-refractivity contribution in [3.63, 3.8) is 0 Å². The van der Waals surface area contributed by atoms with Crippen LogP contribution in [0.5, 0.6) is 0 Å². The van der Waals surface area contributed by atoms with Gasteiger partial charge in [-0.15, -0.1) is 0 Å². The molecule has 1 N–H and O–H groups in total. The molecule has 0 radical (unpaired) electrons. The Labute approximate surface area is 148 Å². The summed E-state index contributed by atoms with van der Waals surface area (Å²) < 4.78 is 0. The van der Waals surface area contributed by atoms with E-state index in [1.165, 1.54) is 0 Å². The summed E-state index contributed by atoms with van der Waals surface area (Å²) in [6.45, 7) is 1.85. The summed E-state index contributed by atoms with van der Waals surface area (Å²) in [5.74, 6) is -0.711. The first-order chi connectivity index (χ1) is 12.2. The molecule has 2 heterocycles. The number of hydrogen-bond donors (Lipinski definition) is 1. The third-order valence-electron chi connectivity index (χ3n) is 4.60. The molecule has 3 rings (SSSR count). The van der Waals surface area contributed by atoms with Crippen LogP contribution in [0.3, 0.4) is 0 Å². The van der Waals surface area contributed by atoms with E-state index >= 15 is 0 Å². The second-order valence-electron chi connectivity index (χ2n) is 6.29. The Morgan fingerprint density at radius 3 is 2.84 bits per heavy atom. The van der Waals surface area contributed by atoms with Crippen molar-refractivity contribution in [1.29, 1.82) is 0 Å². The second-order valence-corrected chi connectivity index (χ2v) is 6.29. The maximum atomic E-state index is 11.0. The summed E-state index contributed by atoms with van der Waals surface area (Å²) >= 11 is 0. The van der Waals surface area contributed by atoms with Crippen LogP contribution in [0, 0.1) is 0 Å². The molecular formula is C20H23N3O2. The molecule has 1 aromatic carbocycles. The minimum Gasteiger partial charge on any atom is -0.481 e. The zero-order valence-corrected chi connectivity index (χ0v) is 14.2. The van der Waals surface area contributed by atoms with Crippen LogP contribution in [-0.4, -0.2) is 45.1 Å². The van der Waals surface area contributed by atoms with Crippen molar-refractivity contribution >= 4 is 11.5 Å². The van der Waals surface area contributed by atoms with E-state index in [0.29, 0.717) is 0 Å². The van der Waals surface area contributed by atoms with Gasteiger partial charge < -0.3 is 5.11 Å². The first kappa shape index (κ1) is 17.3. The number of aliphatic carboxylic acids is 1. The first-order valence-electron chi connectivity index (χ1n) is 8.72. The van der Waals surface area contributed by atoms with Gasteiger partial charge in [-0.3, -0.25) is 19.7 Å². The van der Waals surface area contributed by atoms with Gasteiger partial charge >= 0.3 is 5.97 Å². The minimum atomic E-state index is -0.711. The van der Waals surface area contributed by atoms with Crippen molar-refractivity contribution < 1.29 is 9.90 Å². The first-order valence-corrected chi connectivity index (χ1v) is 8.72. The number of carbonyl (C=O) groups is 1. The van der Waals surface area contributed by atoms with Gasteiger partial charge in [-0.25, -0.2) is 0 Å². The lowest BCUT2D eigenvalue weighted by Crippen LogP contribution is -2.32. The van der Waals surface area contributed by atoms with Crippen LogP contribution in [0.2, 0.25) is 0 Å². The maximum Gasteiger partial charge on any atom is 0.304 e. The highest BCUT2D eigenvalue weighted by Gasteiger charge is 2.25. The molecule has 1 aliphatic rings. The summed E-state index contributed by atoms with van der Waals surface area (Å²) in [7, 11) is 0. The molecular weight excluding hydrogens is 314 g/mol. The normalized spacial score (nSPS) is 18.4. The van der Waals surface area contributed by atoms with Crippen LogP contribution in [0.1, 0.15) is 36.9 Å². The summed E-state index contributed by atoms with van der Waals surface area (Å²) in [6.07, 6.45) is 10.5. The van der Waals surface area contributed by atoms with Gasteiger partial charge in [-0.05, 0) is 31.4 Å². The van der Waals surface area contributed by atoms with Crippen molar-refractivity contribution in [3.05, 3.63) is 66.3 Å². The standard InChI is InChI=1S/C20H23N3O2/c24-20(25)14-17-8-4-12-23(17)13-5-9-18(16-6-2-1-3-7-16)19-15-21-10-11-22-19/h1-3,6-7,9-11,15,17H,4-5,8,12-14H2,(H,24,25)/t17-/m0/s1. The fourth-order valence-corrected chi connectivity index (χ4v) is 3.42. The Hall–Kier alpha value is -2.53. The predicted octanol–water partition coefficient (Wildman–Crippen LogP) is 3.24. The molecule has 0 unspecified atom stereocenters. The summed E-state index contributed by atoms with van der Waals surface area (Å²) in [6, 6.07) is 10.3. The highest BCUT2D eigenvalue weighted by atomic mass is 16.4. The van der Waals surface area contributed by atoms with Crippen LogP contribution in [0.25, 0.3) is 5.57 Å². The van der Waals surface area contributed by atoms with Gasteiger partial charge in [-0.1, -0.05) is 36.4 Å². The lowest BCUT2D eigenvalue weighted by atomic mass is 10.0. The van der Waals surface area contributed by atoms with Crippen LogP contribution in [0.15, 0.2) is 55.0 Å². The second kappa shape index (κ2) is 8.53. The SMILES string of the molecule is O=C(O)C[C@@H]1CCCN1CCC=C(c1ccccc1)c1cnccn1. The molecule has 1 saturated heterocycles. The molecule has 0 saturated carbocycles. The fraction of sp³-hybridized carbons (Fsp3) is 0.350. The van der Waals surface area contributed by atoms with Crippen molar-refractivity contribution in [2.45, 2.75) is 31.7 Å². The third kappa shape index (κ3) is 4.73. The maximum absolute atomic E-state index is 11.0. The number of carboxylic acid groups (broad SMARTS) is 1. The van der Waals surface area contributed by atoms with Crippen LogP contribution in [0.4, 0.5) is 0 Å². The summed E-state index contributed by atoms with van der Waals surface area (Å²) in [5.41, 5.74) is 3.05. The number of rotatable bonds is 7. The van der Waals surface area contributed by atoms with E-state index in [0.717, 1.165) is 49.2 Å². The van der Waals surface area contributed by atoms with Gasteiger partial charge in [-0.2, -0.15) is 0 Å². The van der Waals surface area contributed by atoms with Crippen LogP contribution in [-0.2, 0) is 4.79 Å². The molecule has 1 aliphatic heterocycles. The Kier molecular flexibility index (Phi) is 5.90. The molecule has 2 aromatic rings. The minimum absolute atomic E-state index is 0.169. The quantitative estimate of drug-likeness (QED) is 0.840. The molecule has 5 heteroatoms. The molecule has 25 heavy (non-hydrogen) atoms. The largest absolute Gasteiger partial charge is 0.481 e. The molecule has 0 aliphatic carbocycles. The van der Waals surface area contributed by atoms with E-state index in [1.54, 1.807) is 18.6 Å². The Balaban J connectivity index is 1.72. The molecule has 0 spiro atoms. The van der Waals surface area contributed by atoms with E-state index in [2.05, 4.69) is 33.1 Å². The summed E-state index contributed by atoms with van der Waals surface area (Å²) in [4.78, 5) is 21.9. The molecule has 0 amide bonds. The smallest absolute Gasteiger partial charge is 0.304 e. The number of nitrogens with zero attached hydrogens (tertiary/aromatic N) is 3. The van der Waals surface area contributed by atoms with Crippen LogP contribution >= 0.6 is 0 Å². The molecule has 0 bridgehead atoms. The van der Waals surface area contributed by atoms with Gasteiger partial charge in [0.25, 0.3) is 0 Å². The molecule has 5 nitrogen and oxygen atoms in total. The fourth-order valence-electron chi connectivity index (χ4n) is 3.42. The van der Waals surface area contributed by atoms with Gasteiger partial charge in [0.05, 0.1) is 18.3 Å². The van der Waals surface area contributed by atoms with Crippen LogP contribution < -0.4 is 0 Å². The average molecular weight is 337 g/mol. The van der Waals surface area contributed by atoms with E-state index in [9.17, 15) is 4.79 Å². The Bertz CT molecular complexity index is 675. The van der Waals surface area contributed by atoms with Crippen molar-refractivity contribution in [3.8, 4) is 0 Å². The number of benzene rings is 1. The van der Waals surface area contributed by atoms with E-state index in [4.69, 9.17) is 5.11 Å². The van der Waals surface area contributed by atoms with Gasteiger partial charge in [0.2, 0.25) is 0 Å². The number of carboxylic acids is 1. The van der Waals surface area contributed by atoms with Gasteiger partial charge in [0, 0.05) is 30.6 Å². The average Bonchev–Trinajstić information content (AvgIpc) is 3.06. The van der Waals surface area contributed by atoms with Crippen molar-refractivity contribution in [2.75, 3.05) is 13.1 Å². The van der Waals surface area contributed by atoms with Crippen molar-refractivity contribution in [2.24, 2.45) is 0 Å². The number of likely N-dealkylation sites (tertiary alicyclic amines) is 1. The number of aromatic nitrogens is 2. The van der Waals surface area contributed by atoms with E-state index in [1.807, 2.05) is 18.2 Å². The topological polar surface area (TPSA) is 66.3 Å². The lowest BCUT2D eigenvalue weighted by Gasteiger charge is -2.22. The molecule has 1 fully saturated rings. The molecule has 130 valence electrons. The summed E-state index contributed by atoms with van der Waals surface area (Å²) in [5, 5.41) is 9.05. The third-order valence-corrected chi connectivity index (χ3v) is 4.60. The van der Waals surface area contributed by atoms with Gasteiger partial charge in [0.15, 0.2) is 0 Å². The predicted molar refractivity (Wildman–Crippen MR) is 97.0 cm³/mol. The van der Waals surface area contributed by atoms with E-state index in [-0.39, 0.29) is 12.5 Å². The zero-order valence-electron chi connectivity index (χ0n) is 14.2. The zero-order chi connectivity index (χ0) is 17.5.